The third kappa shape index (κ3) is 2.42. The summed E-state index contributed by atoms with van der Waals surface area (Å²) in [6, 6.07) is 2.83. The van der Waals surface area contributed by atoms with E-state index in [2.05, 4.69) is 5.32 Å². The number of hydrogen-bond acceptors (Lipinski definition) is 4. The Bertz CT molecular complexity index is 567. The topological polar surface area (TPSA) is 88.8 Å². The quantitative estimate of drug-likeness (QED) is 0.870. The van der Waals surface area contributed by atoms with Crippen LogP contribution in [-0.2, 0) is 9.53 Å². The zero-order chi connectivity index (χ0) is 15.8. The molecular formula is C14H18ClNO5. The van der Waals surface area contributed by atoms with Gasteiger partial charge in [-0.2, -0.15) is 0 Å². The molecule has 2 rings (SSSR count). The van der Waals surface area contributed by atoms with Crippen LogP contribution in [0.2, 0.25) is 5.22 Å². The average molecular weight is 316 g/mol. The van der Waals surface area contributed by atoms with Crippen LogP contribution >= 0.6 is 11.6 Å². The third-order valence-electron chi connectivity index (χ3n) is 4.25. The zero-order valence-electron chi connectivity index (χ0n) is 12.1. The van der Waals surface area contributed by atoms with Crippen LogP contribution in [0.1, 0.15) is 37.7 Å². The highest BCUT2D eigenvalue weighted by Crippen LogP contribution is 2.51. The van der Waals surface area contributed by atoms with Crippen LogP contribution in [0.4, 0.5) is 0 Å². The van der Waals surface area contributed by atoms with Gasteiger partial charge in [0, 0.05) is 18.4 Å². The van der Waals surface area contributed by atoms with Crippen molar-refractivity contribution in [3.8, 4) is 0 Å². The van der Waals surface area contributed by atoms with Gasteiger partial charge in [0.1, 0.15) is 5.54 Å². The number of furan rings is 1. The highest BCUT2D eigenvalue weighted by Gasteiger charge is 2.66. The maximum atomic E-state index is 12.2. The third-order valence-corrected chi connectivity index (χ3v) is 4.46. The van der Waals surface area contributed by atoms with E-state index in [1.54, 1.807) is 13.8 Å². The summed E-state index contributed by atoms with van der Waals surface area (Å²) in [6.45, 7) is 5.87. The molecule has 2 atom stereocenters. The number of halogens is 1. The van der Waals surface area contributed by atoms with Crippen molar-refractivity contribution < 1.29 is 23.8 Å². The molecule has 1 aromatic rings. The molecule has 1 heterocycles. The van der Waals surface area contributed by atoms with Crippen LogP contribution in [0, 0.1) is 5.41 Å². The fourth-order valence-electron chi connectivity index (χ4n) is 2.73. The number of carboxylic acids is 1. The summed E-state index contributed by atoms with van der Waals surface area (Å²) in [5.41, 5.74) is -2.12. The standard InChI is InChI=1S/C14H18ClNO5/c1-4-20-9-7-14(12(18)19,13(9,2)3)16-11(17)8-5-6-10(15)21-8/h5-6,9H,4,7H2,1-3H3,(H,16,17)(H,18,19)/t9-,14+/m1/s1. The van der Waals surface area contributed by atoms with Crippen molar-refractivity contribution in [2.75, 3.05) is 6.61 Å². The fraction of sp³-hybridized carbons (Fsp3) is 0.571. The lowest BCUT2D eigenvalue weighted by molar-refractivity contribution is -0.190. The Labute approximate surface area is 127 Å². The number of carbonyl (C=O) groups is 2. The highest BCUT2D eigenvalue weighted by atomic mass is 35.5. The summed E-state index contributed by atoms with van der Waals surface area (Å²) >= 11 is 5.62. The minimum Gasteiger partial charge on any atom is -0.479 e. The van der Waals surface area contributed by atoms with Gasteiger partial charge in [0.05, 0.1) is 6.10 Å². The van der Waals surface area contributed by atoms with Crippen LogP contribution in [-0.4, -0.2) is 35.2 Å². The number of rotatable bonds is 5. The molecule has 0 bridgehead atoms. The van der Waals surface area contributed by atoms with Crippen LogP contribution < -0.4 is 5.32 Å². The molecule has 1 aliphatic rings. The summed E-state index contributed by atoms with van der Waals surface area (Å²) < 4.78 is 10.5. The molecule has 1 aromatic heterocycles. The first-order valence-electron chi connectivity index (χ1n) is 6.67. The molecule has 116 valence electrons. The van der Waals surface area contributed by atoms with Gasteiger partial charge in [0.25, 0.3) is 5.91 Å². The molecule has 0 radical (unpaired) electrons. The summed E-state index contributed by atoms with van der Waals surface area (Å²) in [5.74, 6) is -1.71. The van der Waals surface area contributed by atoms with E-state index >= 15 is 0 Å². The predicted octanol–water partition coefficient (Wildman–Crippen LogP) is 2.32. The van der Waals surface area contributed by atoms with Crippen molar-refractivity contribution >= 4 is 23.5 Å². The van der Waals surface area contributed by atoms with E-state index in [1.165, 1.54) is 12.1 Å². The molecule has 1 amide bonds. The monoisotopic (exact) mass is 315 g/mol. The van der Waals surface area contributed by atoms with Crippen molar-refractivity contribution in [1.82, 2.24) is 5.32 Å². The van der Waals surface area contributed by atoms with Gasteiger partial charge >= 0.3 is 5.97 Å². The largest absolute Gasteiger partial charge is 0.479 e. The van der Waals surface area contributed by atoms with E-state index < -0.39 is 22.8 Å². The van der Waals surface area contributed by atoms with Crippen molar-refractivity contribution in [3.05, 3.63) is 23.1 Å². The molecule has 21 heavy (non-hydrogen) atoms. The molecule has 0 spiro atoms. The summed E-state index contributed by atoms with van der Waals surface area (Å²) in [6.07, 6.45) is -0.0114. The second kappa shape index (κ2) is 5.35. The fourth-order valence-corrected chi connectivity index (χ4v) is 2.87. The van der Waals surface area contributed by atoms with Crippen LogP contribution in [0.15, 0.2) is 16.5 Å². The van der Waals surface area contributed by atoms with E-state index in [0.29, 0.717) is 6.61 Å². The Kier molecular flexibility index (Phi) is 4.04. The number of ether oxygens (including phenoxy) is 1. The van der Waals surface area contributed by atoms with E-state index in [1.807, 2.05) is 6.92 Å². The minimum atomic E-state index is -1.39. The smallest absolute Gasteiger partial charge is 0.330 e. The minimum absolute atomic E-state index is 0.0173. The Hall–Kier alpha value is -1.53. The first kappa shape index (κ1) is 15.9. The number of amides is 1. The molecule has 1 fully saturated rings. The van der Waals surface area contributed by atoms with E-state index in [9.17, 15) is 14.7 Å². The van der Waals surface area contributed by atoms with E-state index in [0.717, 1.165) is 0 Å². The SMILES string of the molecule is CCO[C@@H]1C[C@](NC(=O)c2ccc(Cl)o2)(C(=O)O)C1(C)C. The van der Waals surface area contributed by atoms with Gasteiger partial charge in [-0.25, -0.2) is 4.79 Å². The van der Waals surface area contributed by atoms with Crippen molar-refractivity contribution in [2.24, 2.45) is 5.41 Å². The molecule has 6 nitrogen and oxygen atoms in total. The summed E-state index contributed by atoms with van der Waals surface area (Å²) in [5, 5.41) is 12.2. The number of hydrogen-bond donors (Lipinski definition) is 2. The first-order valence-corrected chi connectivity index (χ1v) is 7.05. The number of carboxylic acid groups (broad SMARTS) is 1. The molecule has 2 N–H and O–H groups in total. The maximum absolute atomic E-state index is 12.2. The lowest BCUT2D eigenvalue weighted by Crippen LogP contribution is -2.76. The lowest BCUT2D eigenvalue weighted by Gasteiger charge is -2.58. The van der Waals surface area contributed by atoms with Gasteiger partial charge in [-0.1, -0.05) is 13.8 Å². The Balaban J connectivity index is 2.22. The van der Waals surface area contributed by atoms with E-state index in [-0.39, 0.29) is 23.5 Å². The molecule has 0 aromatic carbocycles. The Morgan fingerprint density at radius 3 is 2.62 bits per heavy atom. The molecule has 0 aliphatic heterocycles. The van der Waals surface area contributed by atoms with Crippen LogP contribution in [0.25, 0.3) is 0 Å². The normalized spacial score (nSPS) is 27.0. The first-order chi connectivity index (χ1) is 9.74. The molecular weight excluding hydrogens is 298 g/mol. The van der Waals surface area contributed by atoms with Crippen molar-refractivity contribution in [1.29, 1.82) is 0 Å². The number of aliphatic carboxylic acids is 1. The number of carbonyl (C=O) groups excluding carboxylic acids is 1. The molecule has 0 unspecified atom stereocenters. The lowest BCUT2D eigenvalue weighted by atomic mass is 9.54. The summed E-state index contributed by atoms with van der Waals surface area (Å²) in [7, 11) is 0. The van der Waals surface area contributed by atoms with Gasteiger partial charge in [0.15, 0.2) is 11.0 Å². The summed E-state index contributed by atoms with van der Waals surface area (Å²) in [4.78, 5) is 23.9. The molecule has 0 saturated heterocycles. The Morgan fingerprint density at radius 1 is 1.52 bits per heavy atom. The van der Waals surface area contributed by atoms with Gasteiger partial charge in [-0.3, -0.25) is 4.79 Å². The molecule has 1 aliphatic carbocycles. The predicted molar refractivity (Wildman–Crippen MR) is 75.4 cm³/mol. The highest BCUT2D eigenvalue weighted by molar-refractivity contribution is 6.29. The number of nitrogens with one attached hydrogen (secondary N) is 1. The zero-order valence-corrected chi connectivity index (χ0v) is 12.9. The Morgan fingerprint density at radius 2 is 2.19 bits per heavy atom. The van der Waals surface area contributed by atoms with Crippen molar-refractivity contribution in [2.45, 2.75) is 38.8 Å². The molecule has 1 saturated carbocycles. The second-order valence-corrected chi connectivity index (χ2v) is 6.01. The average Bonchev–Trinajstić information content (AvgIpc) is 2.83. The maximum Gasteiger partial charge on any atom is 0.330 e. The van der Waals surface area contributed by atoms with Gasteiger partial charge < -0.3 is 19.6 Å². The van der Waals surface area contributed by atoms with Crippen LogP contribution in [0.3, 0.4) is 0 Å². The van der Waals surface area contributed by atoms with Gasteiger partial charge in [0.2, 0.25) is 0 Å². The van der Waals surface area contributed by atoms with Gasteiger partial charge in [-0.05, 0) is 30.7 Å². The van der Waals surface area contributed by atoms with Crippen LogP contribution in [0.5, 0.6) is 0 Å². The van der Waals surface area contributed by atoms with Gasteiger partial charge in [-0.15, -0.1) is 0 Å². The van der Waals surface area contributed by atoms with Crippen molar-refractivity contribution in [3.63, 3.8) is 0 Å². The van der Waals surface area contributed by atoms with E-state index in [4.69, 9.17) is 20.8 Å². The second-order valence-electron chi connectivity index (χ2n) is 5.64. The molecule has 7 heteroatoms.